The van der Waals surface area contributed by atoms with Crippen molar-refractivity contribution >= 4 is 63.3 Å². The highest BCUT2D eigenvalue weighted by Gasteiger charge is 2.29. The van der Waals surface area contributed by atoms with Gasteiger partial charge in [0.15, 0.2) is 0 Å². The summed E-state index contributed by atoms with van der Waals surface area (Å²) in [5.41, 5.74) is -0.595. The van der Waals surface area contributed by atoms with E-state index in [0.29, 0.717) is 14.9 Å². The number of thiol groups is 1. The molecule has 2 rings (SSSR count). The largest absolute Gasteiger partial charge is 0.467 e. The summed E-state index contributed by atoms with van der Waals surface area (Å²) in [6, 6.07) is 0. The van der Waals surface area contributed by atoms with Crippen LogP contribution in [0.25, 0.3) is 0 Å². The Morgan fingerprint density at radius 1 is 1.28 bits per heavy atom. The van der Waals surface area contributed by atoms with Gasteiger partial charge in [-0.1, -0.05) is 25.4 Å². The normalized spacial score (nSPS) is 9.60. The van der Waals surface area contributed by atoms with Crippen molar-refractivity contribution in [3.63, 3.8) is 0 Å². The van der Waals surface area contributed by atoms with Gasteiger partial charge in [-0.25, -0.2) is 9.97 Å². The number of nitro groups is 2. The molecule has 0 aliphatic rings. The molecule has 10 nitrogen and oxygen atoms in total. The molecule has 2 aromatic rings. The molecule has 0 amide bonds. The zero-order valence-electron chi connectivity index (χ0n) is 13.1. The third kappa shape index (κ3) is 9.53. The molecule has 0 radical (unpaired) electrons. The number of aromatic nitrogens is 4. The molecular weight excluding hydrogens is 463 g/mol. The van der Waals surface area contributed by atoms with Crippen molar-refractivity contribution in [2.45, 2.75) is 19.1 Å². The van der Waals surface area contributed by atoms with Gasteiger partial charge in [-0.3, -0.25) is 10.1 Å². The molecule has 0 saturated heterocycles. The van der Waals surface area contributed by atoms with E-state index in [4.69, 9.17) is 23.2 Å². The van der Waals surface area contributed by atoms with E-state index in [1.54, 1.807) is 0 Å². The lowest BCUT2D eigenvalue weighted by atomic mass is 10.5. The molecule has 0 saturated carbocycles. The first-order chi connectivity index (χ1) is 11.5. The summed E-state index contributed by atoms with van der Waals surface area (Å²) in [4.78, 5) is 25.9. The van der Waals surface area contributed by atoms with E-state index >= 15 is 0 Å². The molecule has 0 aromatic carbocycles. The third-order valence-corrected chi connectivity index (χ3v) is 3.11. The summed E-state index contributed by atoms with van der Waals surface area (Å²) in [6.07, 6.45) is 2.48. The predicted octanol–water partition coefficient (Wildman–Crippen LogP) is 4.11. The Morgan fingerprint density at radius 3 is 2.12 bits per heavy atom. The van der Waals surface area contributed by atoms with E-state index in [1.807, 2.05) is 13.8 Å². The Morgan fingerprint density at radius 2 is 1.80 bits per heavy atom. The van der Waals surface area contributed by atoms with Crippen molar-refractivity contribution in [2.75, 3.05) is 0 Å². The molecule has 0 aliphatic heterocycles. The number of hydrogen-bond acceptors (Lipinski definition) is 8. The molecule has 0 aliphatic carbocycles. The fraction of sp³-hybridized carbons (Fsp3) is 0.364. The van der Waals surface area contributed by atoms with Crippen LogP contribution in [-0.4, -0.2) is 34.8 Å². The minimum Gasteiger partial charge on any atom is -0.358 e. The highest BCUT2D eigenvalue weighted by atomic mass is 79.9. The molecule has 25 heavy (non-hydrogen) atoms. The highest BCUT2D eigenvalue weighted by Crippen LogP contribution is 2.23. The molecule has 0 atom stereocenters. The first-order valence-corrected chi connectivity index (χ1v) is 8.36. The number of halogens is 3. The van der Waals surface area contributed by atoms with Crippen molar-refractivity contribution in [1.82, 2.24) is 19.7 Å². The summed E-state index contributed by atoms with van der Waals surface area (Å²) < 4.78 is 1.67. The SMILES string of the molecule is CC(C)S.Clc1ncc(Br)c(Cl)n1.Cn1cc([N+](=O)[O-])c([N+](=O)[O-])n1. The third-order valence-electron chi connectivity index (χ3n) is 1.83. The van der Waals surface area contributed by atoms with E-state index in [9.17, 15) is 20.2 Å². The Balaban J connectivity index is 0.000000391. The maximum absolute atomic E-state index is 10.2. The van der Waals surface area contributed by atoms with E-state index in [1.165, 1.54) is 13.2 Å². The highest BCUT2D eigenvalue weighted by molar-refractivity contribution is 9.10. The second-order valence-electron chi connectivity index (χ2n) is 4.40. The van der Waals surface area contributed by atoms with Gasteiger partial charge < -0.3 is 10.1 Å². The molecule has 0 fully saturated rings. The number of aryl methyl sites for hydroxylation is 1. The first-order valence-electron chi connectivity index (χ1n) is 6.29. The topological polar surface area (TPSA) is 130 Å². The quantitative estimate of drug-likeness (QED) is 0.227. The lowest BCUT2D eigenvalue weighted by molar-refractivity contribution is -0.424. The van der Waals surface area contributed by atoms with Gasteiger partial charge in [0.2, 0.25) is 5.28 Å². The molecular formula is C11H13BrCl2N6O4S. The molecule has 2 heterocycles. The van der Waals surface area contributed by atoms with E-state index in [0.717, 1.165) is 10.9 Å². The van der Waals surface area contributed by atoms with Crippen LogP contribution in [-0.2, 0) is 7.05 Å². The summed E-state index contributed by atoms with van der Waals surface area (Å²) in [6.45, 7) is 4.06. The number of nitrogens with zero attached hydrogens (tertiary/aromatic N) is 6. The van der Waals surface area contributed by atoms with Crippen LogP contribution in [0.15, 0.2) is 16.9 Å². The zero-order chi connectivity index (χ0) is 19.7. The lowest BCUT2D eigenvalue weighted by Crippen LogP contribution is -1.94. The molecule has 0 N–H and O–H groups in total. The molecule has 0 spiro atoms. The van der Waals surface area contributed by atoms with Gasteiger partial charge in [0.25, 0.3) is 0 Å². The number of rotatable bonds is 2. The lowest BCUT2D eigenvalue weighted by Gasteiger charge is -1.91. The van der Waals surface area contributed by atoms with Gasteiger partial charge in [-0.2, -0.15) is 17.3 Å². The summed E-state index contributed by atoms with van der Waals surface area (Å²) in [5.74, 6) is -0.734. The molecule has 14 heteroatoms. The standard InChI is InChI=1S/C4HBrCl2N2.C4H4N4O4.C3H8S/c5-2-1-8-4(7)9-3(2)6;1-6-2-3(7(9)10)4(5-6)8(11)12;1-3(2)4/h1H;2H,1H3;3-4H,1-2H3. The Kier molecular flexibility index (Phi) is 10.5. The smallest absolute Gasteiger partial charge is 0.358 e. The second-order valence-corrected chi connectivity index (χ2v) is 6.98. The van der Waals surface area contributed by atoms with Crippen LogP contribution in [0, 0.1) is 20.2 Å². The maximum Gasteiger partial charge on any atom is 0.467 e. The average Bonchev–Trinajstić information content (AvgIpc) is 2.86. The summed E-state index contributed by atoms with van der Waals surface area (Å²) >= 11 is 18.0. The zero-order valence-corrected chi connectivity index (χ0v) is 17.1. The van der Waals surface area contributed by atoms with Crippen LogP contribution in [0.3, 0.4) is 0 Å². The van der Waals surface area contributed by atoms with Crippen LogP contribution in [0.5, 0.6) is 0 Å². The van der Waals surface area contributed by atoms with Crippen molar-refractivity contribution in [2.24, 2.45) is 7.05 Å². The molecule has 138 valence electrons. The first kappa shape index (κ1) is 23.5. The molecule has 0 unspecified atom stereocenters. The predicted molar refractivity (Wildman–Crippen MR) is 100 cm³/mol. The van der Waals surface area contributed by atoms with Gasteiger partial charge in [0, 0.05) is 6.20 Å². The average molecular weight is 476 g/mol. The van der Waals surface area contributed by atoms with Gasteiger partial charge in [0.05, 0.1) is 21.5 Å². The second kappa shape index (κ2) is 11.2. The van der Waals surface area contributed by atoms with Crippen molar-refractivity contribution in [3.05, 3.63) is 47.5 Å². The molecule has 2 aromatic heterocycles. The van der Waals surface area contributed by atoms with E-state index in [2.05, 4.69) is 43.6 Å². The van der Waals surface area contributed by atoms with Crippen LogP contribution in [0.1, 0.15) is 13.8 Å². The maximum atomic E-state index is 10.2. The van der Waals surface area contributed by atoms with Gasteiger partial charge in [-0.15, -0.1) is 0 Å². The van der Waals surface area contributed by atoms with Crippen LogP contribution in [0.4, 0.5) is 11.5 Å². The Hall–Kier alpha value is -1.50. The van der Waals surface area contributed by atoms with Gasteiger partial charge in [0.1, 0.15) is 11.3 Å². The molecule has 0 bridgehead atoms. The number of hydrogen-bond donors (Lipinski definition) is 1. The van der Waals surface area contributed by atoms with E-state index in [-0.39, 0.29) is 5.28 Å². The van der Waals surface area contributed by atoms with Crippen LogP contribution < -0.4 is 0 Å². The summed E-state index contributed by atoms with van der Waals surface area (Å²) in [7, 11) is 1.38. The Labute approximate surface area is 166 Å². The minimum atomic E-state index is -0.891. The van der Waals surface area contributed by atoms with Crippen LogP contribution in [0.2, 0.25) is 10.4 Å². The fourth-order valence-corrected chi connectivity index (χ4v) is 1.55. The van der Waals surface area contributed by atoms with E-state index < -0.39 is 21.4 Å². The summed E-state index contributed by atoms with van der Waals surface area (Å²) in [5, 5.41) is 24.7. The van der Waals surface area contributed by atoms with Gasteiger partial charge in [-0.05, 0) is 37.7 Å². The van der Waals surface area contributed by atoms with Gasteiger partial charge >= 0.3 is 11.5 Å². The van der Waals surface area contributed by atoms with Crippen molar-refractivity contribution < 1.29 is 9.85 Å². The van der Waals surface area contributed by atoms with Crippen molar-refractivity contribution in [1.29, 1.82) is 0 Å². The fourth-order valence-electron chi connectivity index (χ4n) is 1.05. The monoisotopic (exact) mass is 474 g/mol. The Bertz CT molecular complexity index is 711. The van der Waals surface area contributed by atoms with Crippen molar-refractivity contribution in [3.8, 4) is 0 Å². The van der Waals surface area contributed by atoms with Crippen LogP contribution >= 0.6 is 51.8 Å². The minimum absolute atomic E-state index is 0.156.